The zero-order valence-electron chi connectivity index (χ0n) is 18.7. The summed E-state index contributed by atoms with van der Waals surface area (Å²) in [6, 6.07) is 16.1. The van der Waals surface area contributed by atoms with Crippen LogP contribution in [-0.4, -0.2) is 27.1 Å². The van der Waals surface area contributed by atoms with Gasteiger partial charge in [-0.05, 0) is 66.9 Å². The van der Waals surface area contributed by atoms with E-state index in [4.69, 9.17) is 4.74 Å². The molecular weight excluding hydrogens is 420 g/mol. The van der Waals surface area contributed by atoms with Crippen molar-refractivity contribution in [3.63, 3.8) is 0 Å². The van der Waals surface area contributed by atoms with Crippen LogP contribution in [0.3, 0.4) is 0 Å². The molecule has 0 atom stereocenters. The number of hydrogen-bond donors (Lipinski definition) is 1. The number of nitrogens with one attached hydrogen (secondary N) is 1. The molecule has 1 amide bonds. The van der Waals surface area contributed by atoms with Gasteiger partial charge in [-0.3, -0.25) is 18.7 Å². The SMILES string of the molecule is COc1ccc(Cn2c(=O)c3ncccc3n(CC(=O)Nc3cc(C)cc(C)c3)c2=O)cc1. The van der Waals surface area contributed by atoms with Crippen molar-refractivity contribution < 1.29 is 9.53 Å². The van der Waals surface area contributed by atoms with E-state index in [9.17, 15) is 14.4 Å². The van der Waals surface area contributed by atoms with Crippen LogP contribution in [0.25, 0.3) is 11.0 Å². The predicted molar refractivity (Wildman–Crippen MR) is 127 cm³/mol. The highest BCUT2D eigenvalue weighted by molar-refractivity contribution is 5.91. The standard InChI is InChI=1S/C25H24N4O4/c1-16-11-17(2)13-19(12-16)27-22(30)15-28-21-5-4-10-26-23(21)24(31)29(25(28)32)14-18-6-8-20(33-3)9-7-18/h4-13H,14-15H2,1-3H3,(H,27,30). The number of carbonyl (C=O) groups is 1. The van der Waals surface area contributed by atoms with Crippen LogP contribution in [0.15, 0.2) is 70.4 Å². The zero-order valence-corrected chi connectivity index (χ0v) is 18.7. The summed E-state index contributed by atoms with van der Waals surface area (Å²) in [4.78, 5) is 43.4. The summed E-state index contributed by atoms with van der Waals surface area (Å²) in [7, 11) is 1.57. The summed E-state index contributed by atoms with van der Waals surface area (Å²) in [5.74, 6) is 0.300. The van der Waals surface area contributed by atoms with Gasteiger partial charge in [0.25, 0.3) is 5.56 Å². The topological polar surface area (TPSA) is 95.2 Å². The van der Waals surface area contributed by atoms with E-state index in [0.29, 0.717) is 17.0 Å². The van der Waals surface area contributed by atoms with Crippen LogP contribution in [0.4, 0.5) is 5.69 Å². The summed E-state index contributed by atoms with van der Waals surface area (Å²) in [5.41, 5.74) is 2.80. The Bertz CT molecular complexity index is 1430. The van der Waals surface area contributed by atoms with Crippen molar-refractivity contribution in [3.05, 3.63) is 98.3 Å². The second kappa shape index (κ2) is 9.12. The molecule has 1 N–H and O–H groups in total. The molecule has 8 heteroatoms. The lowest BCUT2D eigenvalue weighted by atomic mass is 10.1. The van der Waals surface area contributed by atoms with E-state index in [0.717, 1.165) is 21.3 Å². The van der Waals surface area contributed by atoms with E-state index in [1.165, 1.54) is 10.8 Å². The maximum absolute atomic E-state index is 13.3. The Kier molecular flexibility index (Phi) is 6.08. The number of anilines is 1. The molecule has 2 aromatic heterocycles. The molecule has 0 radical (unpaired) electrons. The number of nitrogens with zero attached hydrogens (tertiary/aromatic N) is 3. The summed E-state index contributed by atoms with van der Waals surface area (Å²) in [6.07, 6.45) is 1.49. The van der Waals surface area contributed by atoms with Gasteiger partial charge < -0.3 is 10.1 Å². The lowest BCUT2D eigenvalue weighted by Crippen LogP contribution is -2.42. The number of aryl methyl sites for hydroxylation is 2. The van der Waals surface area contributed by atoms with Gasteiger partial charge in [-0.1, -0.05) is 18.2 Å². The smallest absolute Gasteiger partial charge is 0.332 e. The average Bonchev–Trinajstić information content (AvgIpc) is 2.79. The Morgan fingerprint density at radius 2 is 1.70 bits per heavy atom. The van der Waals surface area contributed by atoms with Crippen molar-refractivity contribution >= 4 is 22.6 Å². The van der Waals surface area contributed by atoms with Crippen LogP contribution in [-0.2, 0) is 17.9 Å². The number of aromatic nitrogens is 3. The first-order valence-electron chi connectivity index (χ1n) is 10.4. The molecule has 0 aliphatic rings. The number of amides is 1. The fourth-order valence-electron chi connectivity index (χ4n) is 3.84. The number of pyridine rings is 1. The number of rotatable bonds is 6. The predicted octanol–water partition coefficient (Wildman–Crippen LogP) is 2.87. The van der Waals surface area contributed by atoms with Crippen LogP contribution in [0.5, 0.6) is 5.75 Å². The van der Waals surface area contributed by atoms with Crippen LogP contribution < -0.4 is 21.3 Å². The molecular formula is C25H24N4O4. The van der Waals surface area contributed by atoms with Gasteiger partial charge in [0, 0.05) is 11.9 Å². The normalized spacial score (nSPS) is 10.9. The first-order valence-corrected chi connectivity index (χ1v) is 10.4. The van der Waals surface area contributed by atoms with Crippen LogP contribution in [0.2, 0.25) is 0 Å². The fourth-order valence-corrected chi connectivity index (χ4v) is 3.84. The Hall–Kier alpha value is -4.20. The van der Waals surface area contributed by atoms with Crippen molar-refractivity contribution in [1.82, 2.24) is 14.1 Å². The zero-order chi connectivity index (χ0) is 23.5. The third kappa shape index (κ3) is 4.69. The van der Waals surface area contributed by atoms with E-state index in [1.807, 2.05) is 32.0 Å². The molecule has 8 nitrogen and oxygen atoms in total. The van der Waals surface area contributed by atoms with Gasteiger partial charge in [-0.25, -0.2) is 9.78 Å². The summed E-state index contributed by atoms with van der Waals surface area (Å²) < 4.78 is 7.54. The minimum atomic E-state index is -0.577. The molecule has 2 aromatic carbocycles. The van der Waals surface area contributed by atoms with E-state index in [2.05, 4.69) is 10.3 Å². The molecule has 33 heavy (non-hydrogen) atoms. The number of hydrogen-bond acceptors (Lipinski definition) is 5. The van der Waals surface area contributed by atoms with Crippen molar-refractivity contribution in [1.29, 1.82) is 0 Å². The van der Waals surface area contributed by atoms with E-state index < -0.39 is 11.2 Å². The number of carbonyl (C=O) groups excluding carboxylic acids is 1. The molecule has 0 saturated heterocycles. The van der Waals surface area contributed by atoms with Crippen molar-refractivity contribution in [2.45, 2.75) is 26.9 Å². The molecule has 0 aliphatic heterocycles. The van der Waals surface area contributed by atoms with Gasteiger partial charge in [0.15, 0.2) is 5.52 Å². The highest BCUT2D eigenvalue weighted by Crippen LogP contribution is 2.15. The van der Waals surface area contributed by atoms with Gasteiger partial charge in [0.05, 0.1) is 19.2 Å². The first kappa shape index (κ1) is 22.0. The summed E-state index contributed by atoms with van der Waals surface area (Å²) in [5, 5.41) is 2.84. The van der Waals surface area contributed by atoms with Crippen molar-refractivity contribution in [2.24, 2.45) is 0 Å². The minimum Gasteiger partial charge on any atom is -0.497 e. The molecule has 4 rings (SSSR count). The quantitative estimate of drug-likeness (QED) is 0.493. The number of benzene rings is 2. The van der Waals surface area contributed by atoms with Gasteiger partial charge in [-0.2, -0.15) is 0 Å². The summed E-state index contributed by atoms with van der Waals surface area (Å²) >= 11 is 0. The van der Waals surface area contributed by atoms with Gasteiger partial charge in [-0.15, -0.1) is 0 Å². The lowest BCUT2D eigenvalue weighted by molar-refractivity contribution is -0.116. The van der Waals surface area contributed by atoms with Crippen LogP contribution in [0, 0.1) is 13.8 Å². The average molecular weight is 444 g/mol. The molecule has 0 bridgehead atoms. The molecule has 0 unspecified atom stereocenters. The highest BCUT2D eigenvalue weighted by atomic mass is 16.5. The minimum absolute atomic E-state index is 0.0485. The van der Waals surface area contributed by atoms with Gasteiger partial charge in [0.2, 0.25) is 5.91 Å². The monoisotopic (exact) mass is 444 g/mol. The maximum atomic E-state index is 13.3. The van der Waals surface area contributed by atoms with E-state index >= 15 is 0 Å². The van der Waals surface area contributed by atoms with E-state index in [-0.39, 0.29) is 24.5 Å². The number of ether oxygens (including phenoxy) is 1. The third-order valence-electron chi connectivity index (χ3n) is 5.29. The maximum Gasteiger partial charge on any atom is 0.332 e. The van der Waals surface area contributed by atoms with Crippen molar-refractivity contribution in [2.75, 3.05) is 12.4 Å². The van der Waals surface area contributed by atoms with Crippen LogP contribution >= 0.6 is 0 Å². The van der Waals surface area contributed by atoms with Crippen molar-refractivity contribution in [3.8, 4) is 5.75 Å². The second-order valence-electron chi connectivity index (χ2n) is 7.90. The fraction of sp³-hybridized carbons (Fsp3) is 0.200. The second-order valence-corrected chi connectivity index (χ2v) is 7.90. The molecule has 4 aromatic rings. The Labute approximate surface area is 190 Å². The largest absolute Gasteiger partial charge is 0.497 e. The first-order chi connectivity index (χ1) is 15.9. The molecule has 0 fully saturated rings. The lowest BCUT2D eigenvalue weighted by Gasteiger charge is -2.14. The third-order valence-corrected chi connectivity index (χ3v) is 5.29. The Morgan fingerprint density at radius 3 is 2.36 bits per heavy atom. The molecule has 2 heterocycles. The molecule has 0 aliphatic carbocycles. The van der Waals surface area contributed by atoms with Gasteiger partial charge >= 0.3 is 5.69 Å². The Balaban J connectivity index is 1.73. The number of fused-ring (bicyclic) bond motifs is 1. The molecule has 168 valence electrons. The Morgan fingerprint density at radius 1 is 1.00 bits per heavy atom. The number of methoxy groups -OCH3 is 1. The van der Waals surface area contributed by atoms with E-state index in [1.54, 1.807) is 43.5 Å². The highest BCUT2D eigenvalue weighted by Gasteiger charge is 2.17. The van der Waals surface area contributed by atoms with Crippen LogP contribution in [0.1, 0.15) is 16.7 Å². The van der Waals surface area contributed by atoms with Gasteiger partial charge in [0.1, 0.15) is 12.3 Å². The summed E-state index contributed by atoms with van der Waals surface area (Å²) in [6.45, 7) is 3.69. The molecule has 0 spiro atoms. The molecule has 0 saturated carbocycles.